The average molecular weight is 345 g/mol. The summed E-state index contributed by atoms with van der Waals surface area (Å²) in [6.45, 7) is 2.26. The zero-order chi connectivity index (χ0) is 17.4. The van der Waals surface area contributed by atoms with Gasteiger partial charge in [0.05, 0.1) is 5.60 Å². The van der Waals surface area contributed by atoms with E-state index in [1.807, 2.05) is 6.07 Å². The second-order valence-electron chi connectivity index (χ2n) is 8.54. The topological polar surface area (TPSA) is 63.9 Å². The van der Waals surface area contributed by atoms with Crippen molar-refractivity contribution in [2.45, 2.75) is 69.4 Å². The molecule has 2 aliphatic carbocycles. The number of phenols is 2. The predicted molar refractivity (Wildman–Crippen MR) is 97.7 cm³/mol. The summed E-state index contributed by atoms with van der Waals surface area (Å²) >= 11 is 0. The highest BCUT2D eigenvalue weighted by Crippen LogP contribution is 2.46. The van der Waals surface area contributed by atoms with E-state index < -0.39 is 5.60 Å². The van der Waals surface area contributed by atoms with Crippen LogP contribution in [-0.2, 0) is 6.42 Å². The number of nitrogens with zero attached hydrogens (tertiary/aromatic N) is 1. The molecule has 2 saturated carbocycles. The first-order chi connectivity index (χ1) is 12.1. The predicted octanol–water partition coefficient (Wildman–Crippen LogP) is 3.44. The molecule has 0 radical (unpaired) electrons. The van der Waals surface area contributed by atoms with E-state index in [1.165, 1.54) is 25.7 Å². The summed E-state index contributed by atoms with van der Waals surface area (Å²) in [6.07, 6.45) is 10.1. The number of aromatic hydroxyl groups is 2. The first-order valence-corrected chi connectivity index (χ1v) is 10.0. The fraction of sp³-hybridized carbons (Fsp3) is 0.714. The van der Waals surface area contributed by atoms with Gasteiger partial charge in [-0.05, 0) is 81.0 Å². The number of likely N-dealkylation sites (tertiary alicyclic amines) is 1. The van der Waals surface area contributed by atoms with Gasteiger partial charge >= 0.3 is 0 Å². The number of hydrogen-bond acceptors (Lipinski definition) is 4. The van der Waals surface area contributed by atoms with Crippen LogP contribution in [0.5, 0.6) is 11.5 Å². The standard InChI is InChI=1S/C21H31NO3/c23-18-8-6-15(13-19(18)24)7-9-20-21(25)11-2-1-3-17(21)10-12-22(20)14-16-4-5-16/h6,8,13,16-17,20,23-25H,1-5,7,9-12,14H2/t17?,20-,21?/m1/s1. The maximum Gasteiger partial charge on any atom is 0.157 e. The third-order valence-electron chi connectivity index (χ3n) is 6.81. The van der Waals surface area contributed by atoms with Gasteiger partial charge in [0.1, 0.15) is 0 Å². The molecule has 0 amide bonds. The molecular weight excluding hydrogens is 314 g/mol. The fourth-order valence-electron chi connectivity index (χ4n) is 5.19. The van der Waals surface area contributed by atoms with Crippen molar-refractivity contribution >= 4 is 0 Å². The molecular formula is C21H31NO3. The largest absolute Gasteiger partial charge is 0.504 e. The number of rotatable bonds is 5. The van der Waals surface area contributed by atoms with E-state index in [0.717, 1.165) is 56.7 Å². The monoisotopic (exact) mass is 345 g/mol. The second kappa shape index (κ2) is 6.81. The van der Waals surface area contributed by atoms with E-state index in [4.69, 9.17) is 0 Å². The summed E-state index contributed by atoms with van der Waals surface area (Å²) in [5.74, 6) is 1.17. The van der Waals surface area contributed by atoms with Gasteiger partial charge in [0.2, 0.25) is 0 Å². The van der Waals surface area contributed by atoms with Gasteiger partial charge in [0.15, 0.2) is 11.5 Å². The lowest BCUT2D eigenvalue weighted by Crippen LogP contribution is -2.62. The Hall–Kier alpha value is -1.26. The lowest BCUT2D eigenvalue weighted by molar-refractivity contribution is -0.143. The van der Waals surface area contributed by atoms with Crippen molar-refractivity contribution in [1.82, 2.24) is 4.90 Å². The van der Waals surface area contributed by atoms with Crippen LogP contribution in [0.4, 0.5) is 0 Å². The normalized spacial score (nSPS) is 33.2. The van der Waals surface area contributed by atoms with Crippen LogP contribution in [0.2, 0.25) is 0 Å². The molecule has 138 valence electrons. The van der Waals surface area contributed by atoms with Crippen LogP contribution in [0.25, 0.3) is 0 Å². The Morgan fingerprint density at radius 2 is 1.88 bits per heavy atom. The molecule has 0 bridgehead atoms. The van der Waals surface area contributed by atoms with Crippen LogP contribution in [0, 0.1) is 11.8 Å². The highest BCUT2D eigenvalue weighted by Gasteiger charge is 2.50. The maximum atomic E-state index is 11.6. The van der Waals surface area contributed by atoms with Gasteiger partial charge in [-0.2, -0.15) is 0 Å². The van der Waals surface area contributed by atoms with Crippen LogP contribution in [0.1, 0.15) is 56.9 Å². The van der Waals surface area contributed by atoms with E-state index in [1.54, 1.807) is 12.1 Å². The van der Waals surface area contributed by atoms with Gasteiger partial charge in [-0.1, -0.05) is 18.9 Å². The lowest BCUT2D eigenvalue weighted by atomic mass is 9.66. The van der Waals surface area contributed by atoms with Crippen molar-refractivity contribution in [3.05, 3.63) is 23.8 Å². The van der Waals surface area contributed by atoms with E-state index in [0.29, 0.717) is 5.92 Å². The van der Waals surface area contributed by atoms with Crippen LogP contribution in [-0.4, -0.2) is 45.0 Å². The quantitative estimate of drug-likeness (QED) is 0.716. The minimum Gasteiger partial charge on any atom is -0.504 e. The molecule has 2 unspecified atom stereocenters. The molecule has 1 aromatic carbocycles. The Balaban J connectivity index is 1.51. The molecule has 3 atom stereocenters. The van der Waals surface area contributed by atoms with Crippen molar-refractivity contribution in [2.75, 3.05) is 13.1 Å². The Morgan fingerprint density at radius 3 is 2.64 bits per heavy atom. The lowest BCUT2D eigenvalue weighted by Gasteiger charge is -2.54. The zero-order valence-corrected chi connectivity index (χ0v) is 15.0. The molecule has 3 fully saturated rings. The minimum absolute atomic E-state index is 0.0507. The van der Waals surface area contributed by atoms with Crippen LogP contribution in [0.15, 0.2) is 18.2 Å². The smallest absolute Gasteiger partial charge is 0.157 e. The van der Waals surface area contributed by atoms with Crippen molar-refractivity contribution in [3.63, 3.8) is 0 Å². The highest BCUT2D eigenvalue weighted by molar-refractivity contribution is 5.40. The van der Waals surface area contributed by atoms with E-state index in [2.05, 4.69) is 4.90 Å². The number of fused-ring (bicyclic) bond motifs is 1. The van der Waals surface area contributed by atoms with Crippen LogP contribution < -0.4 is 0 Å². The van der Waals surface area contributed by atoms with E-state index in [-0.39, 0.29) is 17.5 Å². The van der Waals surface area contributed by atoms with E-state index >= 15 is 0 Å². The molecule has 4 nitrogen and oxygen atoms in total. The molecule has 1 aliphatic heterocycles. The Kier molecular flexibility index (Phi) is 4.67. The maximum absolute atomic E-state index is 11.6. The van der Waals surface area contributed by atoms with E-state index in [9.17, 15) is 15.3 Å². The molecule has 0 aromatic heterocycles. The van der Waals surface area contributed by atoms with Gasteiger partial charge in [0, 0.05) is 12.6 Å². The van der Waals surface area contributed by atoms with Gasteiger partial charge < -0.3 is 15.3 Å². The van der Waals surface area contributed by atoms with Crippen molar-refractivity contribution in [2.24, 2.45) is 11.8 Å². The number of aliphatic hydroxyl groups is 1. The Labute approximate surface area is 150 Å². The second-order valence-corrected chi connectivity index (χ2v) is 8.54. The van der Waals surface area contributed by atoms with Crippen LogP contribution >= 0.6 is 0 Å². The third kappa shape index (κ3) is 3.52. The molecule has 1 aromatic rings. The Bertz CT molecular complexity index is 615. The van der Waals surface area contributed by atoms with Crippen molar-refractivity contribution in [1.29, 1.82) is 0 Å². The molecule has 0 spiro atoms. The number of phenolic OH excluding ortho intramolecular Hbond substituents is 2. The summed E-state index contributed by atoms with van der Waals surface area (Å²) in [5, 5.41) is 30.9. The summed E-state index contributed by atoms with van der Waals surface area (Å²) < 4.78 is 0. The number of aryl methyl sites for hydroxylation is 1. The van der Waals surface area contributed by atoms with Gasteiger partial charge in [-0.15, -0.1) is 0 Å². The van der Waals surface area contributed by atoms with Crippen LogP contribution in [0.3, 0.4) is 0 Å². The van der Waals surface area contributed by atoms with Gasteiger partial charge in [0.25, 0.3) is 0 Å². The van der Waals surface area contributed by atoms with Crippen molar-refractivity contribution in [3.8, 4) is 11.5 Å². The molecule has 4 heteroatoms. The highest BCUT2D eigenvalue weighted by atomic mass is 16.3. The van der Waals surface area contributed by atoms with Crippen molar-refractivity contribution < 1.29 is 15.3 Å². The molecule has 25 heavy (non-hydrogen) atoms. The fourth-order valence-corrected chi connectivity index (χ4v) is 5.19. The summed E-state index contributed by atoms with van der Waals surface area (Å²) in [5.41, 5.74) is 0.493. The molecule has 4 rings (SSSR count). The first-order valence-electron chi connectivity index (χ1n) is 10.0. The number of piperidine rings is 1. The molecule has 1 heterocycles. The Morgan fingerprint density at radius 1 is 1.04 bits per heavy atom. The summed E-state index contributed by atoms with van der Waals surface area (Å²) in [6, 6.07) is 5.33. The van der Waals surface area contributed by atoms with Gasteiger partial charge in [-0.25, -0.2) is 0 Å². The average Bonchev–Trinajstić information content (AvgIpc) is 3.40. The summed E-state index contributed by atoms with van der Waals surface area (Å²) in [4.78, 5) is 2.57. The molecule has 3 aliphatic rings. The minimum atomic E-state index is -0.537. The zero-order valence-electron chi connectivity index (χ0n) is 15.0. The summed E-state index contributed by atoms with van der Waals surface area (Å²) in [7, 11) is 0. The number of benzene rings is 1. The van der Waals surface area contributed by atoms with Gasteiger partial charge in [-0.3, -0.25) is 4.90 Å². The SMILES string of the molecule is Oc1ccc(CC[C@H]2N(CC3CC3)CCC3CCCCC32O)cc1O. The first kappa shape index (κ1) is 17.2. The number of hydrogen-bond donors (Lipinski definition) is 3. The molecule has 3 N–H and O–H groups in total. The molecule has 1 saturated heterocycles. The third-order valence-corrected chi connectivity index (χ3v) is 6.81.